The number of thiophene rings is 1. The summed E-state index contributed by atoms with van der Waals surface area (Å²) in [7, 11) is 1.72. The van der Waals surface area contributed by atoms with Gasteiger partial charge in [0.15, 0.2) is 0 Å². The molecule has 136 valence electrons. The molecule has 3 aromatic rings. The second-order valence-electron chi connectivity index (χ2n) is 6.20. The Balaban J connectivity index is 1.62. The van der Waals surface area contributed by atoms with Gasteiger partial charge in [-0.25, -0.2) is 0 Å². The lowest BCUT2D eigenvalue weighted by molar-refractivity contribution is 1.02. The minimum atomic E-state index is 0.476. The van der Waals surface area contributed by atoms with Crippen LogP contribution in [0.1, 0.15) is 15.3 Å². The molecule has 0 spiro atoms. The number of aryl methyl sites for hydroxylation is 1. The molecule has 2 N–H and O–H groups in total. The molecule has 1 aromatic carbocycles. The van der Waals surface area contributed by atoms with Crippen molar-refractivity contribution in [3.8, 4) is 0 Å². The number of hydrogen-bond donors (Lipinski definition) is 2. The Kier molecular flexibility index (Phi) is 5.94. The standard InChI is InChI=1S/C22H22N4S/c1-15(13-17-7-9-20-18(14-17)5-4-12-25-20)26-22(24-3)11-8-19(23)21-10-6-16(2)27-21/h4-12,14,23H,1,13H2,2-3H3,(H,24,26)/b11-8-,23-19?. The molecule has 0 unspecified atom stereocenters. The second kappa shape index (κ2) is 8.56. The van der Waals surface area contributed by atoms with Crippen molar-refractivity contribution in [2.45, 2.75) is 13.3 Å². The van der Waals surface area contributed by atoms with E-state index in [4.69, 9.17) is 5.41 Å². The van der Waals surface area contributed by atoms with Gasteiger partial charge >= 0.3 is 0 Å². The molecular formula is C22H22N4S. The van der Waals surface area contributed by atoms with Crippen LogP contribution < -0.4 is 5.32 Å². The second-order valence-corrected chi connectivity index (χ2v) is 7.49. The number of aromatic nitrogens is 1. The highest BCUT2D eigenvalue weighted by Crippen LogP contribution is 2.16. The average Bonchev–Trinajstić information content (AvgIpc) is 3.11. The number of benzene rings is 1. The molecular weight excluding hydrogens is 352 g/mol. The number of amidine groups is 1. The number of hydrogen-bond acceptors (Lipinski definition) is 4. The highest BCUT2D eigenvalue weighted by atomic mass is 32.1. The number of nitrogens with one attached hydrogen (secondary N) is 2. The van der Waals surface area contributed by atoms with E-state index in [1.54, 1.807) is 30.7 Å². The van der Waals surface area contributed by atoms with Gasteiger partial charge < -0.3 is 5.32 Å². The molecule has 3 rings (SSSR count). The van der Waals surface area contributed by atoms with Crippen LogP contribution in [0.25, 0.3) is 10.9 Å². The summed E-state index contributed by atoms with van der Waals surface area (Å²) in [6, 6.07) is 14.2. The van der Waals surface area contributed by atoms with Crippen molar-refractivity contribution in [1.82, 2.24) is 10.3 Å². The molecule has 0 radical (unpaired) electrons. The van der Waals surface area contributed by atoms with E-state index in [9.17, 15) is 0 Å². The van der Waals surface area contributed by atoms with Crippen molar-refractivity contribution >= 4 is 33.8 Å². The monoisotopic (exact) mass is 374 g/mol. The van der Waals surface area contributed by atoms with Crippen LogP contribution in [0.4, 0.5) is 0 Å². The third-order valence-corrected chi connectivity index (χ3v) is 5.08. The van der Waals surface area contributed by atoms with E-state index in [0.717, 1.165) is 27.0 Å². The van der Waals surface area contributed by atoms with Gasteiger partial charge in [0.2, 0.25) is 0 Å². The maximum absolute atomic E-state index is 8.16. The average molecular weight is 375 g/mol. The summed E-state index contributed by atoms with van der Waals surface area (Å²) >= 11 is 1.61. The van der Waals surface area contributed by atoms with Crippen LogP contribution in [0.5, 0.6) is 0 Å². The van der Waals surface area contributed by atoms with Gasteiger partial charge in [-0.05, 0) is 55.0 Å². The third-order valence-electron chi connectivity index (χ3n) is 4.04. The third kappa shape index (κ3) is 4.99. The summed E-state index contributed by atoms with van der Waals surface area (Å²) in [5.41, 5.74) is 3.47. The molecule has 0 aliphatic rings. The fourth-order valence-corrected chi connectivity index (χ4v) is 3.50. The maximum atomic E-state index is 8.16. The Hall–Kier alpha value is -3.05. The van der Waals surface area contributed by atoms with Gasteiger partial charge in [0.1, 0.15) is 5.84 Å². The van der Waals surface area contributed by atoms with Crippen molar-refractivity contribution in [3.05, 3.63) is 88.4 Å². The smallest absolute Gasteiger partial charge is 0.124 e. The van der Waals surface area contributed by atoms with E-state index in [1.165, 1.54) is 4.88 Å². The molecule has 27 heavy (non-hydrogen) atoms. The first-order valence-corrected chi connectivity index (χ1v) is 9.45. The number of nitrogens with zero attached hydrogens (tertiary/aromatic N) is 2. The SMILES string of the molecule is C=C(Cc1ccc2ncccc2c1)NC(/C=C\C(=N)c1ccc(C)s1)=NC. The first kappa shape index (κ1) is 18.7. The van der Waals surface area contributed by atoms with E-state index in [0.29, 0.717) is 18.0 Å². The zero-order valence-electron chi connectivity index (χ0n) is 15.5. The van der Waals surface area contributed by atoms with Crippen molar-refractivity contribution < 1.29 is 0 Å². The lowest BCUT2D eigenvalue weighted by Crippen LogP contribution is -2.21. The van der Waals surface area contributed by atoms with E-state index >= 15 is 0 Å². The van der Waals surface area contributed by atoms with Crippen LogP contribution in [0, 0.1) is 12.3 Å². The lowest BCUT2D eigenvalue weighted by atomic mass is 10.1. The molecule has 4 nitrogen and oxygen atoms in total. The van der Waals surface area contributed by atoms with E-state index in [2.05, 4.69) is 40.1 Å². The first-order chi connectivity index (χ1) is 13.0. The molecule has 0 fully saturated rings. The first-order valence-electron chi connectivity index (χ1n) is 8.64. The van der Waals surface area contributed by atoms with Crippen LogP contribution in [-0.4, -0.2) is 23.6 Å². The molecule has 2 heterocycles. The van der Waals surface area contributed by atoms with E-state index in [1.807, 2.05) is 37.3 Å². The van der Waals surface area contributed by atoms with Crippen molar-refractivity contribution in [3.63, 3.8) is 0 Å². The molecule has 0 amide bonds. The molecule has 0 aliphatic heterocycles. The summed E-state index contributed by atoms with van der Waals surface area (Å²) in [6.07, 6.45) is 6.07. The molecule has 0 atom stereocenters. The molecule has 5 heteroatoms. The van der Waals surface area contributed by atoms with Gasteiger partial charge in [0, 0.05) is 35.6 Å². The molecule has 0 saturated heterocycles. The summed E-state index contributed by atoms with van der Waals surface area (Å²) in [4.78, 5) is 10.7. The summed E-state index contributed by atoms with van der Waals surface area (Å²) in [5, 5.41) is 12.5. The number of rotatable bonds is 6. The topological polar surface area (TPSA) is 61.1 Å². The van der Waals surface area contributed by atoms with Crippen LogP contribution in [-0.2, 0) is 6.42 Å². The fraction of sp³-hybridized carbons (Fsp3) is 0.136. The lowest BCUT2D eigenvalue weighted by Gasteiger charge is -2.10. The Morgan fingerprint density at radius 1 is 1.26 bits per heavy atom. The predicted octanol–water partition coefficient (Wildman–Crippen LogP) is 4.90. The van der Waals surface area contributed by atoms with Crippen molar-refractivity contribution in [2.75, 3.05) is 7.05 Å². The van der Waals surface area contributed by atoms with Crippen LogP contribution in [0.3, 0.4) is 0 Å². The predicted molar refractivity (Wildman–Crippen MR) is 116 cm³/mol. The largest absolute Gasteiger partial charge is 0.344 e. The zero-order valence-corrected chi connectivity index (χ0v) is 16.3. The van der Waals surface area contributed by atoms with Crippen molar-refractivity contribution in [1.29, 1.82) is 5.41 Å². The summed E-state index contributed by atoms with van der Waals surface area (Å²) in [5.74, 6) is 0.681. The Morgan fingerprint density at radius 3 is 2.85 bits per heavy atom. The summed E-state index contributed by atoms with van der Waals surface area (Å²) < 4.78 is 0. The van der Waals surface area contributed by atoms with Crippen molar-refractivity contribution in [2.24, 2.45) is 4.99 Å². The van der Waals surface area contributed by atoms with Gasteiger partial charge in [0.05, 0.1) is 16.1 Å². The van der Waals surface area contributed by atoms with Gasteiger partial charge in [0.25, 0.3) is 0 Å². The Morgan fingerprint density at radius 2 is 2.11 bits per heavy atom. The Bertz CT molecular complexity index is 1040. The van der Waals surface area contributed by atoms with Crippen LogP contribution in [0.15, 0.2) is 78.1 Å². The molecule has 0 bridgehead atoms. The normalized spacial score (nSPS) is 11.9. The van der Waals surface area contributed by atoms with E-state index < -0.39 is 0 Å². The van der Waals surface area contributed by atoms with Crippen LogP contribution >= 0.6 is 11.3 Å². The highest BCUT2D eigenvalue weighted by Gasteiger charge is 2.04. The molecule has 0 aliphatic carbocycles. The number of aliphatic imine (C=N–C) groups is 1. The number of pyridine rings is 1. The minimum absolute atomic E-state index is 0.476. The quantitative estimate of drug-likeness (QED) is 0.476. The molecule has 2 aromatic heterocycles. The Labute approximate surface area is 163 Å². The highest BCUT2D eigenvalue weighted by molar-refractivity contribution is 7.14. The van der Waals surface area contributed by atoms with Gasteiger partial charge in [-0.2, -0.15) is 0 Å². The fourth-order valence-electron chi connectivity index (χ4n) is 2.70. The van der Waals surface area contributed by atoms with Crippen LogP contribution in [0.2, 0.25) is 0 Å². The van der Waals surface area contributed by atoms with Gasteiger partial charge in [-0.3, -0.25) is 15.4 Å². The zero-order chi connectivity index (χ0) is 19.2. The van der Waals surface area contributed by atoms with E-state index in [-0.39, 0.29) is 0 Å². The summed E-state index contributed by atoms with van der Waals surface area (Å²) in [6.45, 7) is 6.15. The van der Waals surface area contributed by atoms with Gasteiger partial charge in [-0.15, -0.1) is 11.3 Å². The number of allylic oxidation sites excluding steroid dienone is 2. The molecule has 0 saturated carbocycles. The number of fused-ring (bicyclic) bond motifs is 1. The maximum Gasteiger partial charge on any atom is 0.124 e. The minimum Gasteiger partial charge on any atom is -0.344 e. The van der Waals surface area contributed by atoms with Gasteiger partial charge in [-0.1, -0.05) is 18.7 Å².